The Morgan fingerprint density at radius 2 is 1.16 bits per heavy atom. The highest BCUT2D eigenvalue weighted by molar-refractivity contribution is 6.73. The van der Waals surface area contributed by atoms with E-state index in [1.807, 2.05) is 60.7 Å². The first-order valence-electron chi connectivity index (χ1n) is 7.36. The van der Waals surface area contributed by atoms with Gasteiger partial charge in [-0.3, -0.25) is 19.3 Å². The van der Waals surface area contributed by atoms with Crippen molar-refractivity contribution in [2.24, 2.45) is 5.92 Å². The van der Waals surface area contributed by atoms with Gasteiger partial charge in [-0.25, -0.2) is 0 Å². The van der Waals surface area contributed by atoms with Gasteiger partial charge in [0.05, 0.1) is 11.4 Å². The Hall–Kier alpha value is -1.88. The summed E-state index contributed by atoms with van der Waals surface area (Å²) in [4.78, 5) is 33.4. The molecule has 0 atom stereocenters. The van der Waals surface area contributed by atoms with Crippen molar-refractivity contribution in [2.75, 3.05) is 4.90 Å². The maximum atomic E-state index is 11.4. The van der Waals surface area contributed by atoms with Gasteiger partial charge in [-0.05, 0) is 65.5 Å². The van der Waals surface area contributed by atoms with Gasteiger partial charge in [-0.1, -0.05) is 43.3 Å². The molecule has 0 saturated heterocycles. The first kappa shape index (κ1) is 21.2. The molecular formula is C18H16Cl3NO3. The molecule has 0 bridgehead atoms. The molecular weight excluding hydrogens is 385 g/mol. The monoisotopic (exact) mass is 399 g/mol. The maximum Gasteiger partial charge on any atom is 0.325 e. The Bertz CT molecular complexity index is 655. The van der Waals surface area contributed by atoms with Gasteiger partial charge in [-0.2, -0.15) is 0 Å². The van der Waals surface area contributed by atoms with Crippen molar-refractivity contribution >= 4 is 62.0 Å². The Morgan fingerprint density at radius 3 is 1.36 bits per heavy atom. The van der Waals surface area contributed by atoms with Crippen LogP contribution in [0.2, 0.25) is 0 Å². The molecule has 2 aromatic rings. The minimum absolute atomic E-state index is 0.366. The minimum Gasteiger partial charge on any atom is -0.280 e. The van der Waals surface area contributed by atoms with Crippen molar-refractivity contribution in [3.63, 3.8) is 0 Å². The van der Waals surface area contributed by atoms with E-state index in [4.69, 9.17) is 34.8 Å². The third-order valence-corrected chi connectivity index (χ3v) is 3.86. The zero-order chi connectivity index (χ0) is 18.8. The molecule has 2 aromatic carbocycles. The summed E-state index contributed by atoms with van der Waals surface area (Å²) in [5.41, 5.74) is 1.52. The molecule has 0 saturated carbocycles. The first-order chi connectivity index (χ1) is 11.9. The molecule has 0 fully saturated rings. The molecule has 7 heteroatoms. The van der Waals surface area contributed by atoms with Crippen molar-refractivity contribution < 1.29 is 14.4 Å². The van der Waals surface area contributed by atoms with E-state index in [-0.39, 0.29) is 0 Å². The number of rotatable bonds is 5. The van der Waals surface area contributed by atoms with Gasteiger partial charge in [0, 0.05) is 0 Å². The fourth-order valence-electron chi connectivity index (χ4n) is 1.92. The van der Waals surface area contributed by atoms with Crippen molar-refractivity contribution in [1.29, 1.82) is 0 Å². The number of hydrogen-bond donors (Lipinski definition) is 0. The molecule has 0 spiro atoms. The second-order valence-electron chi connectivity index (χ2n) is 4.83. The highest BCUT2D eigenvalue weighted by Crippen LogP contribution is 2.26. The number of benzene rings is 2. The van der Waals surface area contributed by atoms with Crippen LogP contribution < -0.4 is 4.90 Å². The predicted octanol–water partition coefficient (Wildman–Crippen LogP) is 5.73. The van der Waals surface area contributed by atoms with Crippen LogP contribution in [0.5, 0.6) is 0 Å². The van der Waals surface area contributed by atoms with Gasteiger partial charge in [0.2, 0.25) is 10.5 Å². The van der Waals surface area contributed by atoms with Crippen LogP contribution in [0.3, 0.4) is 0 Å². The summed E-state index contributed by atoms with van der Waals surface area (Å²) in [6.45, 7) is 1.67. The predicted molar refractivity (Wildman–Crippen MR) is 102 cm³/mol. The molecule has 0 aliphatic carbocycles. The van der Waals surface area contributed by atoms with E-state index in [0.717, 1.165) is 11.4 Å². The number of amides is 1. The molecule has 0 unspecified atom stereocenters. The summed E-state index contributed by atoms with van der Waals surface area (Å²) in [7, 11) is 0. The van der Waals surface area contributed by atoms with E-state index < -0.39 is 21.8 Å². The first-order valence-corrected chi connectivity index (χ1v) is 8.50. The minimum atomic E-state index is -0.826. The molecule has 0 aliphatic rings. The van der Waals surface area contributed by atoms with E-state index in [2.05, 4.69) is 0 Å². The lowest BCUT2D eigenvalue weighted by Gasteiger charge is -2.19. The molecule has 0 heterocycles. The summed E-state index contributed by atoms with van der Waals surface area (Å²) >= 11 is 15.6. The average molecular weight is 401 g/mol. The fraction of sp³-hybridized carbons (Fsp3) is 0.167. The molecule has 0 radical (unpaired) electrons. The maximum absolute atomic E-state index is 11.4. The summed E-state index contributed by atoms with van der Waals surface area (Å²) in [5.74, 6) is -0.826. The van der Waals surface area contributed by atoms with Crippen LogP contribution in [0.4, 0.5) is 16.2 Å². The number of carbonyl (C=O) groups excluding carboxylic acids is 3. The summed E-state index contributed by atoms with van der Waals surface area (Å²) in [6, 6.07) is 18.6. The van der Waals surface area contributed by atoms with Crippen LogP contribution in [-0.4, -0.2) is 15.9 Å². The number of halogens is 3. The summed E-state index contributed by atoms with van der Waals surface area (Å²) in [5, 5.41) is -1.88. The lowest BCUT2D eigenvalue weighted by molar-refractivity contribution is -0.123. The lowest BCUT2D eigenvalue weighted by Crippen LogP contribution is -2.19. The molecule has 0 N–H and O–H groups in total. The van der Waals surface area contributed by atoms with E-state index in [0.29, 0.717) is 6.42 Å². The van der Waals surface area contributed by atoms with Crippen molar-refractivity contribution in [1.82, 2.24) is 0 Å². The second-order valence-corrected chi connectivity index (χ2v) is 5.90. The Labute approximate surface area is 161 Å². The van der Waals surface area contributed by atoms with Crippen LogP contribution >= 0.6 is 34.8 Å². The van der Waals surface area contributed by atoms with Gasteiger partial charge in [0.15, 0.2) is 0 Å². The van der Waals surface area contributed by atoms with Gasteiger partial charge in [-0.15, -0.1) is 0 Å². The molecule has 25 heavy (non-hydrogen) atoms. The third kappa shape index (κ3) is 6.86. The quantitative estimate of drug-likeness (QED) is 0.366. The zero-order valence-electron chi connectivity index (χ0n) is 13.4. The molecule has 132 valence electrons. The topological polar surface area (TPSA) is 54.5 Å². The van der Waals surface area contributed by atoms with Crippen LogP contribution in [0.25, 0.3) is 0 Å². The van der Waals surface area contributed by atoms with Crippen LogP contribution in [-0.2, 0) is 9.59 Å². The number of anilines is 2. The largest absolute Gasteiger partial charge is 0.325 e. The second kappa shape index (κ2) is 10.9. The average Bonchev–Trinajstić information content (AvgIpc) is 2.57. The number of nitrogens with zero attached hydrogens (tertiary/aromatic N) is 1. The zero-order valence-corrected chi connectivity index (χ0v) is 15.6. The highest BCUT2D eigenvalue weighted by Gasteiger charge is 2.20. The highest BCUT2D eigenvalue weighted by atomic mass is 35.5. The van der Waals surface area contributed by atoms with Gasteiger partial charge in [0.1, 0.15) is 5.92 Å². The summed E-state index contributed by atoms with van der Waals surface area (Å²) in [6.07, 6.45) is 0.366. The van der Waals surface area contributed by atoms with Crippen molar-refractivity contribution in [2.45, 2.75) is 13.3 Å². The van der Waals surface area contributed by atoms with E-state index in [1.54, 1.807) is 6.92 Å². The van der Waals surface area contributed by atoms with Gasteiger partial charge >= 0.3 is 5.37 Å². The lowest BCUT2D eigenvalue weighted by atomic mass is 10.1. The van der Waals surface area contributed by atoms with E-state index in [1.165, 1.54) is 4.90 Å². The summed E-state index contributed by atoms with van der Waals surface area (Å²) < 4.78 is 0. The fourth-order valence-corrected chi connectivity index (χ4v) is 2.67. The normalized spacial score (nSPS) is 9.80. The van der Waals surface area contributed by atoms with E-state index >= 15 is 0 Å². The Kier molecular flexibility index (Phi) is 9.21. The van der Waals surface area contributed by atoms with Crippen LogP contribution in [0.15, 0.2) is 60.7 Å². The number of hydrogen-bond acceptors (Lipinski definition) is 3. The smallest absolute Gasteiger partial charge is 0.280 e. The Morgan fingerprint density at radius 1 is 0.800 bits per heavy atom. The van der Waals surface area contributed by atoms with Crippen LogP contribution in [0.1, 0.15) is 13.3 Å². The SMILES string of the molecule is CCC(C(=O)Cl)C(=O)Cl.O=C(Cl)N(c1ccccc1)c1ccccc1. The molecule has 0 aromatic heterocycles. The van der Waals surface area contributed by atoms with Crippen LogP contribution in [0, 0.1) is 5.92 Å². The molecule has 0 aliphatic heterocycles. The number of carbonyl (C=O) groups is 3. The molecule has 2 rings (SSSR count). The Balaban J connectivity index is 0.000000299. The standard InChI is InChI=1S/C13H10ClNO.C5H6Cl2O2/c14-13(16)15(11-7-3-1-4-8-11)12-9-5-2-6-10-12;1-2-3(4(6)8)5(7)9/h1-10H;3H,2H2,1H3. The van der Waals surface area contributed by atoms with E-state index in [9.17, 15) is 14.4 Å². The molecule has 4 nitrogen and oxygen atoms in total. The van der Waals surface area contributed by atoms with Gasteiger partial charge in [0.25, 0.3) is 0 Å². The van der Waals surface area contributed by atoms with Gasteiger partial charge < -0.3 is 0 Å². The van der Waals surface area contributed by atoms with Crippen molar-refractivity contribution in [3.8, 4) is 0 Å². The number of para-hydroxylation sites is 2. The molecule has 1 amide bonds. The van der Waals surface area contributed by atoms with Crippen molar-refractivity contribution in [3.05, 3.63) is 60.7 Å². The third-order valence-electron chi connectivity index (χ3n) is 3.16.